The first-order valence-electron chi connectivity index (χ1n) is 9.28. The fourth-order valence-electron chi connectivity index (χ4n) is 3.75. The predicted octanol–water partition coefficient (Wildman–Crippen LogP) is 2.73. The molecule has 1 heterocycles. The summed E-state index contributed by atoms with van der Waals surface area (Å²) in [6.07, 6.45) is 5.82. The molecule has 1 saturated carbocycles. The van der Waals surface area contributed by atoms with Gasteiger partial charge in [-0.05, 0) is 38.8 Å². The van der Waals surface area contributed by atoms with Gasteiger partial charge in [0.05, 0.1) is 18.7 Å². The SMILES string of the molecule is CCN(CCO)CC(=O)Nc1c(C#N)c(C)c(C)n1C1CCCCC1. The van der Waals surface area contributed by atoms with Gasteiger partial charge in [-0.1, -0.05) is 26.2 Å². The minimum atomic E-state index is -0.138. The summed E-state index contributed by atoms with van der Waals surface area (Å²) in [5.74, 6) is 0.510. The van der Waals surface area contributed by atoms with Crippen molar-refractivity contribution in [3.8, 4) is 6.07 Å². The average Bonchev–Trinajstić information content (AvgIpc) is 2.85. The van der Waals surface area contributed by atoms with E-state index in [4.69, 9.17) is 5.11 Å². The maximum atomic E-state index is 12.5. The number of aliphatic hydroxyl groups excluding tert-OH is 1. The van der Waals surface area contributed by atoms with Crippen LogP contribution in [0.2, 0.25) is 0 Å². The third kappa shape index (κ3) is 4.42. The normalized spacial score (nSPS) is 15.4. The number of likely N-dealkylation sites (N-methyl/N-ethyl adjacent to an activating group) is 1. The van der Waals surface area contributed by atoms with Crippen LogP contribution in [0.4, 0.5) is 5.82 Å². The highest BCUT2D eigenvalue weighted by atomic mass is 16.3. The van der Waals surface area contributed by atoms with E-state index in [9.17, 15) is 10.1 Å². The molecule has 0 bridgehead atoms. The third-order valence-electron chi connectivity index (χ3n) is 5.30. The molecule has 2 N–H and O–H groups in total. The number of carbonyl (C=O) groups is 1. The van der Waals surface area contributed by atoms with Gasteiger partial charge in [-0.25, -0.2) is 0 Å². The highest BCUT2D eigenvalue weighted by molar-refractivity contribution is 5.93. The fraction of sp³-hybridized carbons (Fsp3) is 0.684. The summed E-state index contributed by atoms with van der Waals surface area (Å²) in [6, 6.07) is 2.62. The van der Waals surface area contributed by atoms with Gasteiger partial charge in [0.1, 0.15) is 11.9 Å². The van der Waals surface area contributed by atoms with Crippen LogP contribution >= 0.6 is 0 Å². The second kappa shape index (κ2) is 9.02. The highest BCUT2D eigenvalue weighted by Gasteiger charge is 2.26. The molecule has 1 aromatic rings. The Bertz CT molecular complexity index is 639. The molecule has 1 aromatic heterocycles. The average molecular weight is 346 g/mol. The number of aliphatic hydroxyl groups is 1. The van der Waals surface area contributed by atoms with E-state index >= 15 is 0 Å². The van der Waals surface area contributed by atoms with Crippen LogP contribution in [-0.2, 0) is 4.79 Å². The van der Waals surface area contributed by atoms with E-state index in [1.54, 1.807) is 0 Å². The van der Waals surface area contributed by atoms with Crippen molar-refractivity contribution in [2.75, 3.05) is 31.6 Å². The van der Waals surface area contributed by atoms with Crippen LogP contribution in [0.1, 0.15) is 61.9 Å². The van der Waals surface area contributed by atoms with Crippen LogP contribution in [0.15, 0.2) is 0 Å². The third-order valence-corrected chi connectivity index (χ3v) is 5.30. The lowest BCUT2D eigenvalue weighted by molar-refractivity contribution is -0.117. The Morgan fingerprint density at radius 1 is 1.36 bits per heavy atom. The molecule has 2 rings (SSSR count). The smallest absolute Gasteiger partial charge is 0.239 e. The number of hydrogen-bond acceptors (Lipinski definition) is 4. The Morgan fingerprint density at radius 2 is 2.04 bits per heavy atom. The van der Waals surface area contributed by atoms with Crippen LogP contribution in [0.3, 0.4) is 0 Å². The standard InChI is InChI=1S/C19H30N4O2/c1-4-22(10-11-24)13-18(25)21-19-17(12-20)14(2)15(3)23(19)16-8-6-5-7-9-16/h16,24H,4-11,13H2,1-3H3,(H,21,25). The number of amides is 1. The van der Waals surface area contributed by atoms with Gasteiger partial charge in [-0.3, -0.25) is 9.69 Å². The molecule has 0 aliphatic heterocycles. The Hall–Kier alpha value is -1.84. The second-order valence-corrected chi connectivity index (χ2v) is 6.85. The summed E-state index contributed by atoms with van der Waals surface area (Å²) in [7, 11) is 0. The molecule has 1 aliphatic rings. The lowest BCUT2D eigenvalue weighted by Gasteiger charge is -2.27. The van der Waals surface area contributed by atoms with Gasteiger partial charge >= 0.3 is 0 Å². The molecular weight excluding hydrogens is 316 g/mol. The van der Waals surface area contributed by atoms with Gasteiger partial charge in [0.15, 0.2) is 0 Å². The van der Waals surface area contributed by atoms with Gasteiger partial charge in [0.2, 0.25) is 5.91 Å². The van der Waals surface area contributed by atoms with E-state index in [2.05, 4.69) is 16.0 Å². The van der Waals surface area contributed by atoms with E-state index in [0.717, 1.165) is 24.1 Å². The van der Waals surface area contributed by atoms with Gasteiger partial charge in [0, 0.05) is 18.3 Å². The van der Waals surface area contributed by atoms with E-state index in [0.29, 0.717) is 30.5 Å². The summed E-state index contributed by atoms with van der Waals surface area (Å²) in [4.78, 5) is 14.4. The van der Waals surface area contributed by atoms with Crippen LogP contribution in [0, 0.1) is 25.2 Å². The number of nitriles is 1. The van der Waals surface area contributed by atoms with Crippen molar-refractivity contribution in [3.05, 3.63) is 16.8 Å². The van der Waals surface area contributed by atoms with Crippen LogP contribution in [0.25, 0.3) is 0 Å². The number of nitrogens with one attached hydrogen (secondary N) is 1. The van der Waals surface area contributed by atoms with Crippen LogP contribution in [0.5, 0.6) is 0 Å². The van der Waals surface area contributed by atoms with Gasteiger partial charge in [0.25, 0.3) is 0 Å². The summed E-state index contributed by atoms with van der Waals surface area (Å²) < 4.78 is 2.17. The lowest BCUT2D eigenvalue weighted by Crippen LogP contribution is -2.35. The topological polar surface area (TPSA) is 81.3 Å². The molecule has 0 spiro atoms. The van der Waals surface area contributed by atoms with Gasteiger partial charge in [-0.15, -0.1) is 0 Å². The van der Waals surface area contributed by atoms with Crippen molar-refractivity contribution in [3.63, 3.8) is 0 Å². The van der Waals surface area contributed by atoms with E-state index in [-0.39, 0.29) is 19.1 Å². The summed E-state index contributed by atoms with van der Waals surface area (Å²) in [5, 5.41) is 21.7. The number of aromatic nitrogens is 1. The molecule has 0 unspecified atom stereocenters. The van der Waals surface area contributed by atoms with Crippen molar-refractivity contribution < 1.29 is 9.90 Å². The molecule has 0 saturated heterocycles. The quantitative estimate of drug-likeness (QED) is 0.795. The molecule has 0 atom stereocenters. The minimum Gasteiger partial charge on any atom is -0.395 e. The van der Waals surface area contributed by atoms with Gasteiger partial charge < -0.3 is 15.0 Å². The molecule has 6 nitrogen and oxygen atoms in total. The maximum Gasteiger partial charge on any atom is 0.239 e. The molecular formula is C19H30N4O2. The first kappa shape index (κ1) is 19.5. The summed E-state index contributed by atoms with van der Waals surface area (Å²) in [6.45, 7) is 7.36. The zero-order valence-corrected chi connectivity index (χ0v) is 15.6. The van der Waals surface area contributed by atoms with Crippen LogP contribution in [-0.4, -0.2) is 46.7 Å². The summed E-state index contributed by atoms with van der Waals surface area (Å²) in [5.41, 5.74) is 2.59. The predicted molar refractivity (Wildman–Crippen MR) is 98.6 cm³/mol. The Kier molecular flexibility index (Phi) is 7.03. The molecule has 0 radical (unpaired) electrons. The van der Waals surface area contributed by atoms with E-state index < -0.39 is 0 Å². The van der Waals surface area contributed by atoms with Crippen molar-refractivity contribution in [1.82, 2.24) is 9.47 Å². The van der Waals surface area contributed by atoms with Crippen LogP contribution < -0.4 is 5.32 Å². The first-order chi connectivity index (χ1) is 12.0. The van der Waals surface area contributed by atoms with Crippen molar-refractivity contribution in [2.24, 2.45) is 0 Å². The zero-order chi connectivity index (χ0) is 18.4. The Morgan fingerprint density at radius 3 is 2.60 bits per heavy atom. The number of nitrogens with zero attached hydrogens (tertiary/aromatic N) is 3. The van der Waals surface area contributed by atoms with Crippen molar-refractivity contribution >= 4 is 11.7 Å². The van der Waals surface area contributed by atoms with Crippen molar-refractivity contribution in [2.45, 2.75) is 58.9 Å². The lowest BCUT2D eigenvalue weighted by atomic mass is 9.95. The molecule has 25 heavy (non-hydrogen) atoms. The number of carbonyl (C=O) groups excluding carboxylic acids is 1. The molecule has 0 aromatic carbocycles. The monoisotopic (exact) mass is 346 g/mol. The fourth-order valence-corrected chi connectivity index (χ4v) is 3.75. The van der Waals surface area contributed by atoms with E-state index in [1.165, 1.54) is 19.3 Å². The molecule has 138 valence electrons. The Labute approximate surface area is 150 Å². The molecule has 1 amide bonds. The molecule has 1 aliphatic carbocycles. The van der Waals surface area contributed by atoms with Crippen molar-refractivity contribution in [1.29, 1.82) is 5.26 Å². The minimum absolute atomic E-state index is 0.0290. The zero-order valence-electron chi connectivity index (χ0n) is 15.6. The summed E-state index contributed by atoms with van der Waals surface area (Å²) >= 11 is 0. The maximum absolute atomic E-state index is 12.5. The highest BCUT2D eigenvalue weighted by Crippen LogP contribution is 2.36. The molecule has 6 heteroatoms. The number of hydrogen-bond donors (Lipinski definition) is 2. The number of rotatable bonds is 7. The molecule has 1 fully saturated rings. The Balaban J connectivity index is 2.27. The van der Waals surface area contributed by atoms with E-state index in [1.807, 2.05) is 25.7 Å². The second-order valence-electron chi connectivity index (χ2n) is 6.85. The largest absolute Gasteiger partial charge is 0.395 e. The van der Waals surface area contributed by atoms with Gasteiger partial charge in [-0.2, -0.15) is 5.26 Å². The first-order valence-corrected chi connectivity index (χ1v) is 9.28. The number of anilines is 1.